The second-order valence-electron chi connectivity index (χ2n) is 4.67. The fraction of sp³-hybridized carbons (Fsp3) is 0.385. The highest BCUT2D eigenvalue weighted by Gasteiger charge is 2.30. The number of fused-ring (bicyclic) bond motifs is 2. The van der Waals surface area contributed by atoms with Crippen molar-refractivity contribution >= 4 is 17.4 Å². The normalized spacial score (nSPS) is 22.7. The van der Waals surface area contributed by atoms with Crippen molar-refractivity contribution in [2.45, 2.75) is 32.1 Å². The summed E-state index contributed by atoms with van der Waals surface area (Å²) < 4.78 is 0. The van der Waals surface area contributed by atoms with E-state index in [0.717, 1.165) is 6.42 Å². The lowest BCUT2D eigenvalue weighted by Crippen LogP contribution is -2.12. The summed E-state index contributed by atoms with van der Waals surface area (Å²) in [7, 11) is 0. The lowest BCUT2D eigenvalue weighted by molar-refractivity contribution is -0.112. The SMILES string of the molecule is CC1CCCc2cc3c(cc21)C(=O)C(=O)N3. The lowest BCUT2D eigenvalue weighted by atomic mass is 9.82. The third-order valence-corrected chi connectivity index (χ3v) is 3.59. The molecule has 0 aromatic heterocycles. The smallest absolute Gasteiger partial charge is 0.296 e. The zero-order chi connectivity index (χ0) is 11.3. The summed E-state index contributed by atoms with van der Waals surface area (Å²) in [6.07, 6.45) is 3.41. The van der Waals surface area contributed by atoms with Crippen molar-refractivity contribution in [1.29, 1.82) is 0 Å². The van der Waals surface area contributed by atoms with Crippen LogP contribution in [0.4, 0.5) is 5.69 Å². The van der Waals surface area contributed by atoms with Crippen molar-refractivity contribution in [3.63, 3.8) is 0 Å². The molecule has 16 heavy (non-hydrogen) atoms. The molecule has 1 N–H and O–H groups in total. The van der Waals surface area contributed by atoms with Crippen LogP contribution in [0.2, 0.25) is 0 Å². The summed E-state index contributed by atoms with van der Waals surface area (Å²) in [6.45, 7) is 2.18. The molecule has 1 atom stereocenters. The Bertz CT molecular complexity index is 505. The molecule has 1 heterocycles. The maximum atomic E-state index is 11.6. The minimum Gasteiger partial charge on any atom is -0.318 e. The molecule has 3 heteroatoms. The van der Waals surface area contributed by atoms with Crippen LogP contribution in [0.1, 0.15) is 47.2 Å². The summed E-state index contributed by atoms with van der Waals surface area (Å²) in [5.74, 6) is -0.391. The van der Waals surface area contributed by atoms with Gasteiger partial charge in [-0.25, -0.2) is 0 Å². The third kappa shape index (κ3) is 1.21. The van der Waals surface area contributed by atoms with Gasteiger partial charge in [-0.15, -0.1) is 0 Å². The second kappa shape index (κ2) is 3.17. The molecule has 0 fully saturated rings. The fourth-order valence-corrected chi connectivity index (χ4v) is 2.68. The number of anilines is 1. The van der Waals surface area contributed by atoms with Crippen LogP contribution in [0.15, 0.2) is 12.1 Å². The van der Waals surface area contributed by atoms with E-state index in [1.807, 2.05) is 12.1 Å². The van der Waals surface area contributed by atoms with Crippen molar-refractivity contribution in [3.05, 3.63) is 28.8 Å². The zero-order valence-corrected chi connectivity index (χ0v) is 9.17. The fourth-order valence-electron chi connectivity index (χ4n) is 2.68. The first-order chi connectivity index (χ1) is 7.66. The van der Waals surface area contributed by atoms with E-state index in [0.29, 0.717) is 17.2 Å². The Labute approximate surface area is 93.8 Å². The monoisotopic (exact) mass is 215 g/mol. The molecule has 1 aliphatic heterocycles. The number of amides is 1. The molecule has 0 saturated carbocycles. The van der Waals surface area contributed by atoms with Crippen molar-refractivity contribution < 1.29 is 9.59 Å². The van der Waals surface area contributed by atoms with Gasteiger partial charge in [0.15, 0.2) is 0 Å². The predicted molar refractivity (Wildman–Crippen MR) is 60.8 cm³/mol. The summed E-state index contributed by atoms with van der Waals surface area (Å²) >= 11 is 0. The number of ketones is 1. The molecule has 0 saturated heterocycles. The highest BCUT2D eigenvalue weighted by molar-refractivity contribution is 6.51. The van der Waals surface area contributed by atoms with Gasteiger partial charge in [-0.2, -0.15) is 0 Å². The molecule has 3 nitrogen and oxygen atoms in total. The minimum absolute atomic E-state index is 0.393. The highest BCUT2D eigenvalue weighted by Crippen LogP contribution is 2.36. The number of rotatable bonds is 0. The molecule has 3 rings (SSSR count). The molecule has 0 radical (unpaired) electrons. The Morgan fingerprint density at radius 3 is 2.94 bits per heavy atom. The maximum Gasteiger partial charge on any atom is 0.296 e. The first kappa shape index (κ1) is 9.58. The standard InChI is InChI=1S/C13H13NO2/c1-7-3-2-4-8-5-11-10(6-9(7)8)12(15)13(16)14-11/h5-7H,2-4H2,1H3,(H,14,15,16). The molecule has 1 aliphatic carbocycles. The quantitative estimate of drug-likeness (QED) is 0.675. The Kier molecular flexibility index (Phi) is 1.90. The Morgan fingerprint density at radius 1 is 1.31 bits per heavy atom. The average molecular weight is 215 g/mol. The Balaban J connectivity index is 2.18. The molecule has 82 valence electrons. The number of nitrogens with one attached hydrogen (secondary N) is 1. The van der Waals surface area contributed by atoms with Gasteiger partial charge in [0.2, 0.25) is 0 Å². The summed E-state index contributed by atoms with van der Waals surface area (Å²) in [5, 5.41) is 2.62. The van der Waals surface area contributed by atoms with Gasteiger partial charge in [0.05, 0.1) is 11.3 Å². The molecular formula is C13H13NO2. The van der Waals surface area contributed by atoms with E-state index < -0.39 is 11.7 Å². The summed E-state index contributed by atoms with van der Waals surface area (Å²) in [4.78, 5) is 22.8. The number of benzene rings is 1. The molecule has 1 amide bonds. The van der Waals surface area contributed by atoms with Gasteiger partial charge in [0.1, 0.15) is 0 Å². The van der Waals surface area contributed by atoms with Crippen LogP contribution in [-0.4, -0.2) is 11.7 Å². The first-order valence-electron chi connectivity index (χ1n) is 5.69. The summed E-state index contributed by atoms with van der Waals surface area (Å²) in [6, 6.07) is 3.89. The minimum atomic E-state index is -0.495. The van der Waals surface area contributed by atoms with Crippen molar-refractivity contribution in [3.8, 4) is 0 Å². The van der Waals surface area contributed by atoms with Crippen molar-refractivity contribution in [1.82, 2.24) is 0 Å². The number of carbonyl (C=O) groups excluding carboxylic acids is 2. The molecule has 1 aromatic carbocycles. The number of Topliss-reactive ketones (excluding diaryl/α,β-unsaturated/α-hetero) is 1. The molecular weight excluding hydrogens is 202 g/mol. The number of hydrogen-bond acceptors (Lipinski definition) is 2. The van der Waals surface area contributed by atoms with E-state index in [2.05, 4.69) is 12.2 Å². The predicted octanol–water partition coefficient (Wildman–Crippen LogP) is 2.26. The molecule has 1 aromatic rings. The van der Waals surface area contributed by atoms with Gasteiger partial charge >= 0.3 is 0 Å². The maximum absolute atomic E-state index is 11.6. The van der Waals surface area contributed by atoms with E-state index in [1.165, 1.54) is 24.0 Å². The zero-order valence-electron chi connectivity index (χ0n) is 9.17. The molecule has 2 aliphatic rings. The van der Waals surface area contributed by atoms with Crippen LogP contribution in [0.25, 0.3) is 0 Å². The van der Waals surface area contributed by atoms with Gasteiger partial charge in [0.25, 0.3) is 11.7 Å². The number of carbonyl (C=O) groups is 2. The van der Waals surface area contributed by atoms with Gasteiger partial charge in [-0.05, 0) is 48.4 Å². The highest BCUT2D eigenvalue weighted by atomic mass is 16.2. The topological polar surface area (TPSA) is 46.2 Å². The van der Waals surface area contributed by atoms with E-state index in [-0.39, 0.29) is 0 Å². The average Bonchev–Trinajstić information content (AvgIpc) is 2.53. The lowest BCUT2D eigenvalue weighted by Gasteiger charge is -2.22. The largest absolute Gasteiger partial charge is 0.318 e. The van der Waals surface area contributed by atoms with E-state index in [4.69, 9.17) is 0 Å². The molecule has 1 unspecified atom stereocenters. The number of hydrogen-bond donors (Lipinski definition) is 1. The second-order valence-corrected chi connectivity index (χ2v) is 4.67. The van der Waals surface area contributed by atoms with E-state index >= 15 is 0 Å². The Morgan fingerprint density at radius 2 is 2.12 bits per heavy atom. The molecule has 0 bridgehead atoms. The number of aryl methyl sites for hydroxylation is 1. The van der Waals surface area contributed by atoms with Crippen LogP contribution in [-0.2, 0) is 11.2 Å². The van der Waals surface area contributed by atoms with Gasteiger partial charge < -0.3 is 5.32 Å². The van der Waals surface area contributed by atoms with Crippen LogP contribution in [0, 0.1) is 0 Å². The van der Waals surface area contributed by atoms with E-state index in [1.54, 1.807) is 0 Å². The van der Waals surface area contributed by atoms with Crippen LogP contribution >= 0.6 is 0 Å². The first-order valence-corrected chi connectivity index (χ1v) is 5.69. The van der Waals surface area contributed by atoms with Crippen LogP contribution < -0.4 is 5.32 Å². The third-order valence-electron chi connectivity index (χ3n) is 3.59. The van der Waals surface area contributed by atoms with Crippen LogP contribution in [0.3, 0.4) is 0 Å². The molecule has 0 spiro atoms. The van der Waals surface area contributed by atoms with Crippen molar-refractivity contribution in [2.75, 3.05) is 5.32 Å². The summed E-state index contributed by atoms with van der Waals surface area (Å²) in [5.41, 5.74) is 3.78. The Hall–Kier alpha value is -1.64. The van der Waals surface area contributed by atoms with Gasteiger partial charge in [-0.1, -0.05) is 6.92 Å². The van der Waals surface area contributed by atoms with Crippen molar-refractivity contribution in [2.24, 2.45) is 0 Å². The van der Waals surface area contributed by atoms with Gasteiger partial charge in [-0.3, -0.25) is 9.59 Å². The van der Waals surface area contributed by atoms with Gasteiger partial charge in [0, 0.05) is 0 Å². The van der Waals surface area contributed by atoms with Crippen LogP contribution in [0.5, 0.6) is 0 Å². The van der Waals surface area contributed by atoms with E-state index in [9.17, 15) is 9.59 Å².